The van der Waals surface area contributed by atoms with Crippen molar-refractivity contribution in [2.75, 3.05) is 7.11 Å². The van der Waals surface area contributed by atoms with Crippen molar-refractivity contribution in [3.63, 3.8) is 0 Å². The maximum atomic E-state index is 6.25. The van der Waals surface area contributed by atoms with Crippen LogP contribution in [0.5, 0.6) is 5.75 Å². The van der Waals surface area contributed by atoms with Gasteiger partial charge in [-0.05, 0) is 54.4 Å². The van der Waals surface area contributed by atoms with Crippen LogP contribution in [0, 0.1) is 6.92 Å². The standard InChI is InChI=1S/C16H25NO/c1-11-8-14(18-5)13(15(2,3)4)9-12(11)10-16(17)6-7-16/h8-9H,6-7,10,17H2,1-5H3. The van der Waals surface area contributed by atoms with E-state index in [1.165, 1.54) is 16.7 Å². The Morgan fingerprint density at radius 3 is 2.33 bits per heavy atom. The van der Waals surface area contributed by atoms with Crippen LogP contribution in [-0.2, 0) is 11.8 Å². The molecule has 0 spiro atoms. The second-order valence-electron chi connectivity index (χ2n) is 6.77. The van der Waals surface area contributed by atoms with Crippen LogP contribution in [-0.4, -0.2) is 12.6 Å². The molecule has 2 nitrogen and oxygen atoms in total. The second-order valence-corrected chi connectivity index (χ2v) is 6.77. The first kappa shape index (κ1) is 13.4. The fourth-order valence-electron chi connectivity index (χ4n) is 2.39. The molecule has 0 amide bonds. The minimum atomic E-state index is 0.0640. The van der Waals surface area contributed by atoms with Gasteiger partial charge in [0.25, 0.3) is 0 Å². The van der Waals surface area contributed by atoms with Gasteiger partial charge in [0, 0.05) is 5.54 Å². The summed E-state index contributed by atoms with van der Waals surface area (Å²) in [7, 11) is 1.75. The molecule has 0 radical (unpaired) electrons. The van der Waals surface area contributed by atoms with Crippen molar-refractivity contribution in [1.29, 1.82) is 0 Å². The van der Waals surface area contributed by atoms with Crippen LogP contribution in [0.1, 0.15) is 50.3 Å². The third-order valence-electron chi connectivity index (χ3n) is 3.90. The highest BCUT2D eigenvalue weighted by atomic mass is 16.5. The van der Waals surface area contributed by atoms with Crippen LogP contribution in [0.2, 0.25) is 0 Å². The zero-order chi connectivity index (χ0) is 13.6. The van der Waals surface area contributed by atoms with Crippen LogP contribution in [0.4, 0.5) is 0 Å². The number of nitrogens with two attached hydrogens (primary N) is 1. The van der Waals surface area contributed by atoms with Gasteiger partial charge in [-0.1, -0.05) is 26.8 Å². The lowest BCUT2D eigenvalue weighted by Gasteiger charge is -2.24. The molecule has 0 atom stereocenters. The molecule has 0 unspecified atom stereocenters. The predicted molar refractivity (Wildman–Crippen MR) is 76.3 cm³/mol. The Labute approximate surface area is 111 Å². The number of ether oxygens (including phenoxy) is 1. The molecule has 100 valence electrons. The van der Waals surface area contributed by atoms with E-state index in [1.807, 2.05) is 0 Å². The van der Waals surface area contributed by atoms with Gasteiger partial charge < -0.3 is 10.5 Å². The molecule has 1 aromatic carbocycles. The summed E-state index contributed by atoms with van der Waals surface area (Å²) in [4.78, 5) is 0. The second kappa shape index (κ2) is 4.27. The number of methoxy groups -OCH3 is 1. The number of hydrogen-bond acceptors (Lipinski definition) is 2. The zero-order valence-electron chi connectivity index (χ0n) is 12.3. The summed E-state index contributed by atoms with van der Waals surface area (Å²) in [5.41, 5.74) is 10.3. The normalized spacial score (nSPS) is 17.7. The molecule has 1 fully saturated rings. The van der Waals surface area contributed by atoms with Crippen molar-refractivity contribution < 1.29 is 4.74 Å². The van der Waals surface area contributed by atoms with Crippen molar-refractivity contribution >= 4 is 0 Å². The molecule has 0 bridgehead atoms. The van der Waals surface area contributed by atoms with Crippen LogP contribution in [0.25, 0.3) is 0 Å². The van der Waals surface area contributed by atoms with Crippen LogP contribution in [0.3, 0.4) is 0 Å². The predicted octanol–water partition coefficient (Wildman–Crippen LogP) is 3.33. The molecule has 18 heavy (non-hydrogen) atoms. The third kappa shape index (κ3) is 2.69. The maximum absolute atomic E-state index is 6.25. The van der Waals surface area contributed by atoms with E-state index >= 15 is 0 Å². The van der Waals surface area contributed by atoms with Crippen LogP contribution >= 0.6 is 0 Å². The Bertz CT molecular complexity index is 453. The molecule has 2 rings (SSSR count). The Morgan fingerprint density at radius 2 is 1.89 bits per heavy atom. The van der Waals surface area contributed by atoms with Crippen molar-refractivity contribution in [3.8, 4) is 5.75 Å². The minimum absolute atomic E-state index is 0.0640. The lowest BCUT2D eigenvalue weighted by Crippen LogP contribution is -2.25. The average Bonchev–Trinajstić information content (AvgIpc) is 2.97. The van der Waals surface area contributed by atoms with Gasteiger partial charge in [0.2, 0.25) is 0 Å². The quantitative estimate of drug-likeness (QED) is 0.889. The molecule has 1 aromatic rings. The Balaban J connectivity index is 2.42. The molecule has 0 heterocycles. The zero-order valence-corrected chi connectivity index (χ0v) is 12.3. The van der Waals surface area contributed by atoms with Crippen LogP contribution < -0.4 is 10.5 Å². The molecular weight excluding hydrogens is 222 g/mol. The molecule has 1 saturated carbocycles. The highest BCUT2D eigenvalue weighted by Crippen LogP contribution is 2.39. The van der Waals surface area contributed by atoms with E-state index in [0.29, 0.717) is 0 Å². The van der Waals surface area contributed by atoms with Crippen molar-refractivity contribution in [3.05, 3.63) is 28.8 Å². The molecular formula is C16H25NO. The van der Waals surface area contributed by atoms with E-state index in [1.54, 1.807) is 7.11 Å². The van der Waals surface area contributed by atoms with Crippen molar-refractivity contribution in [2.45, 2.75) is 57.9 Å². The molecule has 0 aromatic heterocycles. The van der Waals surface area contributed by atoms with Crippen molar-refractivity contribution in [1.82, 2.24) is 0 Å². The summed E-state index contributed by atoms with van der Waals surface area (Å²) < 4.78 is 5.52. The van der Waals surface area contributed by atoms with Crippen molar-refractivity contribution in [2.24, 2.45) is 5.73 Å². The molecule has 2 N–H and O–H groups in total. The summed E-state index contributed by atoms with van der Waals surface area (Å²) in [6.45, 7) is 8.81. The van der Waals surface area contributed by atoms with Gasteiger partial charge in [-0.3, -0.25) is 0 Å². The minimum Gasteiger partial charge on any atom is -0.496 e. The first-order valence-electron chi connectivity index (χ1n) is 6.72. The van der Waals surface area contributed by atoms with Crippen LogP contribution in [0.15, 0.2) is 12.1 Å². The van der Waals surface area contributed by atoms with Gasteiger partial charge >= 0.3 is 0 Å². The molecule has 0 saturated heterocycles. The number of hydrogen-bond donors (Lipinski definition) is 1. The lowest BCUT2D eigenvalue weighted by molar-refractivity contribution is 0.396. The molecule has 1 aliphatic carbocycles. The van der Waals surface area contributed by atoms with Gasteiger partial charge in [0.1, 0.15) is 5.75 Å². The Morgan fingerprint density at radius 1 is 1.28 bits per heavy atom. The van der Waals surface area contributed by atoms with Gasteiger partial charge in [-0.15, -0.1) is 0 Å². The topological polar surface area (TPSA) is 35.2 Å². The van der Waals surface area contributed by atoms with Gasteiger partial charge in [0.15, 0.2) is 0 Å². The number of rotatable bonds is 3. The van der Waals surface area contributed by atoms with E-state index < -0.39 is 0 Å². The van der Waals surface area contributed by atoms with E-state index in [-0.39, 0.29) is 11.0 Å². The third-order valence-corrected chi connectivity index (χ3v) is 3.90. The summed E-state index contributed by atoms with van der Waals surface area (Å²) >= 11 is 0. The summed E-state index contributed by atoms with van der Waals surface area (Å²) in [6.07, 6.45) is 3.30. The van der Waals surface area contributed by atoms with E-state index in [4.69, 9.17) is 10.5 Å². The highest BCUT2D eigenvalue weighted by Gasteiger charge is 2.38. The van der Waals surface area contributed by atoms with Gasteiger partial charge in [-0.2, -0.15) is 0 Å². The molecule has 2 heteroatoms. The first-order chi connectivity index (χ1) is 8.25. The first-order valence-corrected chi connectivity index (χ1v) is 6.72. The highest BCUT2D eigenvalue weighted by molar-refractivity contribution is 5.46. The Hall–Kier alpha value is -1.02. The fourth-order valence-corrected chi connectivity index (χ4v) is 2.39. The van der Waals surface area contributed by atoms with Gasteiger partial charge in [-0.25, -0.2) is 0 Å². The fraction of sp³-hybridized carbons (Fsp3) is 0.625. The van der Waals surface area contributed by atoms with E-state index in [0.717, 1.165) is 25.0 Å². The molecule has 1 aliphatic rings. The Kier molecular flexibility index (Phi) is 3.18. The van der Waals surface area contributed by atoms with Gasteiger partial charge in [0.05, 0.1) is 7.11 Å². The lowest BCUT2D eigenvalue weighted by atomic mass is 9.83. The summed E-state index contributed by atoms with van der Waals surface area (Å²) in [5.74, 6) is 0.991. The van der Waals surface area contributed by atoms with E-state index in [9.17, 15) is 0 Å². The average molecular weight is 247 g/mol. The monoisotopic (exact) mass is 247 g/mol. The molecule has 0 aliphatic heterocycles. The number of aryl methyl sites for hydroxylation is 1. The summed E-state index contributed by atoms with van der Waals surface area (Å²) in [5, 5.41) is 0. The SMILES string of the molecule is COc1cc(C)c(CC2(N)CC2)cc1C(C)(C)C. The largest absolute Gasteiger partial charge is 0.496 e. The smallest absolute Gasteiger partial charge is 0.122 e. The summed E-state index contributed by atoms with van der Waals surface area (Å²) in [6, 6.07) is 4.45. The number of benzene rings is 1. The maximum Gasteiger partial charge on any atom is 0.122 e. The van der Waals surface area contributed by atoms with E-state index in [2.05, 4.69) is 39.8 Å².